The third-order valence-electron chi connectivity index (χ3n) is 12.9. The first-order valence-corrected chi connectivity index (χ1v) is 21.1. The molecule has 8 aromatic carbocycles. The van der Waals surface area contributed by atoms with E-state index >= 15 is 0 Å². The summed E-state index contributed by atoms with van der Waals surface area (Å²) in [4.78, 5) is 21.1. The van der Waals surface area contributed by atoms with Gasteiger partial charge in [0.05, 0.1) is 16.8 Å². The molecule has 13 rings (SSSR count). The van der Waals surface area contributed by atoms with Crippen molar-refractivity contribution in [1.29, 1.82) is 0 Å². The molecule has 11 aromatic rings. The minimum atomic E-state index is -0.481. The quantitative estimate of drug-likeness (QED) is 0.174. The van der Waals surface area contributed by atoms with Crippen LogP contribution in [0, 0.1) is 0 Å². The average Bonchev–Trinajstić information content (AvgIpc) is 3.98. The molecule has 0 unspecified atom stereocenters. The number of nitrogens with zero attached hydrogens (tertiary/aromatic N) is 5. The van der Waals surface area contributed by atoms with E-state index in [1.54, 1.807) is 0 Å². The first-order valence-electron chi connectivity index (χ1n) is 21.1. The van der Waals surface area contributed by atoms with Gasteiger partial charge < -0.3 is 0 Å². The van der Waals surface area contributed by atoms with E-state index in [1.165, 1.54) is 49.9 Å². The fourth-order valence-electron chi connectivity index (χ4n) is 10.2. The smallest absolute Gasteiger partial charge is 0.164 e. The molecule has 0 saturated carbocycles. The molecule has 2 aliphatic carbocycles. The second kappa shape index (κ2) is 13.4. The molecule has 3 heterocycles. The summed E-state index contributed by atoms with van der Waals surface area (Å²) >= 11 is 0. The van der Waals surface area contributed by atoms with Gasteiger partial charge in [-0.15, -0.1) is 0 Å². The van der Waals surface area contributed by atoms with Gasteiger partial charge in [-0.05, 0) is 85.6 Å². The third-order valence-corrected chi connectivity index (χ3v) is 12.9. The van der Waals surface area contributed by atoms with Crippen LogP contribution in [0.4, 0.5) is 0 Å². The van der Waals surface area contributed by atoms with Gasteiger partial charge in [-0.3, -0.25) is 4.40 Å². The minimum absolute atomic E-state index is 0.481. The Morgan fingerprint density at radius 3 is 1.53 bits per heavy atom. The zero-order chi connectivity index (χ0) is 40.8. The summed E-state index contributed by atoms with van der Waals surface area (Å²) in [5, 5.41) is 2.30. The van der Waals surface area contributed by atoms with Crippen molar-refractivity contribution in [1.82, 2.24) is 24.3 Å². The zero-order valence-electron chi connectivity index (χ0n) is 33.4. The van der Waals surface area contributed by atoms with Crippen molar-refractivity contribution in [3.05, 3.63) is 235 Å². The molecule has 1 spiro atoms. The Kier molecular flexibility index (Phi) is 7.45. The molecular formula is C57H35N5. The van der Waals surface area contributed by atoms with Crippen LogP contribution in [-0.2, 0) is 5.41 Å². The molecule has 0 radical (unpaired) electrons. The zero-order valence-corrected chi connectivity index (χ0v) is 33.4. The van der Waals surface area contributed by atoms with Gasteiger partial charge in [0.15, 0.2) is 17.5 Å². The van der Waals surface area contributed by atoms with E-state index in [-0.39, 0.29) is 0 Å². The molecule has 0 aliphatic heterocycles. The van der Waals surface area contributed by atoms with E-state index in [4.69, 9.17) is 19.9 Å². The van der Waals surface area contributed by atoms with Crippen LogP contribution in [0.3, 0.4) is 0 Å². The van der Waals surface area contributed by atoms with Gasteiger partial charge in [-0.2, -0.15) is 0 Å². The summed E-state index contributed by atoms with van der Waals surface area (Å²) in [6.45, 7) is 0. The molecular weight excluding hydrogens is 755 g/mol. The maximum Gasteiger partial charge on any atom is 0.164 e. The van der Waals surface area contributed by atoms with Gasteiger partial charge in [0.25, 0.3) is 0 Å². The highest BCUT2D eigenvalue weighted by Gasteiger charge is 2.51. The van der Waals surface area contributed by atoms with Crippen LogP contribution in [0.15, 0.2) is 212 Å². The summed E-state index contributed by atoms with van der Waals surface area (Å²) < 4.78 is 2.17. The molecule has 0 saturated heterocycles. The Balaban J connectivity index is 1.03. The number of hydrogen-bond donors (Lipinski definition) is 0. The van der Waals surface area contributed by atoms with Crippen LogP contribution < -0.4 is 0 Å². The Morgan fingerprint density at radius 1 is 0.323 bits per heavy atom. The maximum absolute atomic E-state index is 5.36. The normalized spacial score (nSPS) is 13.0. The molecule has 5 heteroatoms. The summed E-state index contributed by atoms with van der Waals surface area (Å²) in [7, 11) is 0. The predicted molar refractivity (Wildman–Crippen MR) is 250 cm³/mol. The SMILES string of the molecule is c1ccc(-c2nc3ccccn3c2-c2cccc(-c3nc(-c4ccc5c(c4)C4(c6ccccc6-c6ccccc64)c4ccccc4-5)nc(-c4ccc5ccccc5c4)n3)c2)cc1. The second-order valence-electron chi connectivity index (χ2n) is 16.2. The minimum Gasteiger partial charge on any atom is -0.299 e. The number of imidazole rings is 1. The summed E-state index contributed by atoms with van der Waals surface area (Å²) in [5.41, 5.74) is 17.4. The number of rotatable bonds is 5. The van der Waals surface area contributed by atoms with Gasteiger partial charge in [-0.25, -0.2) is 19.9 Å². The molecule has 62 heavy (non-hydrogen) atoms. The molecule has 2 aliphatic rings. The number of aromatic nitrogens is 5. The lowest BCUT2D eigenvalue weighted by molar-refractivity contribution is 0.794. The number of pyridine rings is 1. The Bertz CT molecular complexity index is 3540. The van der Waals surface area contributed by atoms with E-state index < -0.39 is 5.41 Å². The summed E-state index contributed by atoms with van der Waals surface area (Å²) in [6, 6.07) is 73.4. The Morgan fingerprint density at radius 2 is 0.839 bits per heavy atom. The number of hydrogen-bond acceptors (Lipinski definition) is 4. The lowest BCUT2D eigenvalue weighted by atomic mass is 9.70. The molecule has 0 bridgehead atoms. The predicted octanol–water partition coefficient (Wildman–Crippen LogP) is 13.4. The Labute approximate surface area is 358 Å². The largest absolute Gasteiger partial charge is 0.299 e. The summed E-state index contributed by atoms with van der Waals surface area (Å²) in [5.74, 6) is 1.85. The highest BCUT2D eigenvalue weighted by atomic mass is 15.0. The lowest BCUT2D eigenvalue weighted by Crippen LogP contribution is -2.25. The van der Waals surface area contributed by atoms with Gasteiger partial charge in [0.2, 0.25) is 0 Å². The number of benzene rings is 8. The molecule has 5 nitrogen and oxygen atoms in total. The van der Waals surface area contributed by atoms with Crippen LogP contribution in [0.1, 0.15) is 22.3 Å². The van der Waals surface area contributed by atoms with E-state index in [1.807, 2.05) is 18.2 Å². The van der Waals surface area contributed by atoms with Crippen molar-refractivity contribution in [2.45, 2.75) is 5.41 Å². The van der Waals surface area contributed by atoms with E-state index in [0.29, 0.717) is 17.5 Å². The molecule has 0 N–H and O–H groups in total. The Hall–Kier alpha value is -8.28. The monoisotopic (exact) mass is 789 g/mol. The van der Waals surface area contributed by atoms with Crippen LogP contribution >= 0.6 is 0 Å². The highest BCUT2D eigenvalue weighted by molar-refractivity contribution is 5.96. The van der Waals surface area contributed by atoms with E-state index in [0.717, 1.165) is 50.2 Å². The van der Waals surface area contributed by atoms with E-state index in [9.17, 15) is 0 Å². The van der Waals surface area contributed by atoms with Gasteiger partial charge in [0.1, 0.15) is 5.65 Å². The van der Waals surface area contributed by atoms with Crippen molar-refractivity contribution in [3.8, 4) is 78.9 Å². The maximum atomic E-state index is 5.36. The van der Waals surface area contributed by atoms with Crippen molar-refractivity contribution in [2.24, 2.45) is 0 Å². The number of fused-ring (bicyclic) bond motifs is 12. The molecule has 0 amide bonds. The average molecular weight is 790 g/mol. The van der Waals surface area contributed by atoms with E-state index in [2.05, 4.69) is 199 Å². The highest BCUT2D eigenvalue weighted by Crippen LogP contribution is 2.63. The topological polar surface area (TPSA) is 56.0 Å². The lowest BCUT2D eigenvalue weighted by Gasteiger charge is -2.30. The van der Waals surface area contributed by atoms with Crippen molar-refractivity contribution in [3.63, 3.8) is 0 Å². The van der Waals surface area contributed by atoms with Gasteiger partial charge in [0, 0.05) is 34.0 Å². The second-order valence-corrected chi connectivity index (χ2v) is 16.2. The van der Waals surface area contributed by atoms with Crippen LogP contribution in [-0.4, -0.2) is 24.3 Å². The van der Waals surface area contributed by atoms with Crippen molar-refractivity contribution >= 4 is 16.4 Å². The van der Waals surface area contributed by atoms with Gasteiger partial charge in [-0.1, -0.05) is 176 Å². The van der Waals surface area contributed by atoms with Gasteiger partial charge >= 0.3 is 0 Å². The van der Waals surface area contributed by atoms with Crippen molar-refractivity contribution < 1.29 is 0 Å². The molecule has 0 atom stereocenters. The molecule has 288 valence electrons. The fraction of sp³-hybridized carbons (Fsp3) is 0.0175. The van der Waals surface area contributed by atoms with Crippen LogP contribution in [0.5, 0.6) is 0 Å². The summed E-state index contributed by atoms with van der Waals surface area (Å²) in [6.07, 6.45) is 2.08. The first kappa shape index (κ1) is 34.6. The van der Waals surface area contributed by atoms with Crippen LogP contribution in [0.2, 0.25) is 0 Å². The third kappa shape index (κ3) is 5.02. The fourth-order valence-corrected chi connectivity index (χ4v) is 10.2. The molecule has 3 aromatic heterocycles. The first-order chi connectivity index (χ1) is 30.7. The van der Waals surface area contributed by atoms with Crippen LogP contribution in [0.25, 0.3) is 95.4 Å². The standard InChI is InChI=1S/C57H35N5/c1-2-16-37(17-3-1)52-53(62-32-13-12-27-51(62)58-52)39-19-14-20-40(34-39)54-59-55(41-29-28-36-15-4-5-18-38(36)33-41)61-56(60-54)42-30-31-46-45-23-8-11-26-49(45)57(50(46)35-42)47-24-9-6-21-43(47)44-22-7-10-25-48(44)57/h1-35H. The van der Waals surface area contributed by atoms with Crippen molar-refractivity contribution in [2.75, 3.05) is 0 Å². The molecule has 0 fully saturated rings.